The Kier molecular flexibility index (Phi) is 5.00. The van der Waals surface area contributed by atoms with Gasteiger partial charge in [-0.05, 0) is 56.8 Å². The summed E-state index contributed by atoms with van der Waals surface area (Å²) in [5.41, 5.74) is 8.07. The standard InChI is InChI=1S/C16H18N4S/c1-11-4-5-15(12(2)10-11)18-16(21)20-19-13(3)14-6-8-17-9-7-14/h4-10H,1-3H3,(H2,18,20,21)/b19-13-. The highest BCUT2D eigenvalue weighted by Crippen LogP contribution is 2.15. The Hall–Kier alpha value is -2.27. The molecule has 0 saturated heterocycles. The van der Waals surface area contributed by atoms with Crippen LogP contribution in [-0.4, -0.2) is 15.8 Å². The predicted molar refractivity (Wildman–Crippen MR) is 91.7 cm³/mol. The summed E-state index contributed by atoms with van der Waals surface area (Å²) in [6.45, 7) is 6.03. The van der Waals surface area contributed by atoms with Crippen molar-refractivity contribution in [3.63, 3.8) is 0 Å². The minimum absolute atomic E-state index is 0.468. The first-order chi connectivity index (χ1) is 10.1. The highest BCUT2D eigenvalue weighted by Gasteiger charge is 2.01. The Balaban J connectivity index is 1.99. The summed E-state index contributed by atoms with van der Waals surface area (Å²) < 4.78 is 0. The molecule has 0 atom stereocenters. The van der Waals surface area contributed by atoms with Crippen molar-refractivity contribution in [2.75, 3.05) is 5.32 Å². The maximum atomic E-state index is 5.26. The van der Waals surface area contributed by atoms with E-state index < -0.39 is 0 Å². The predicted octanol–water partition coefficient (Wildman–Crippen LogP) is 3.41. The SMILES string of the molecule is C/C(=N/NC(=S)Nc1ccc(C)cc1C)c1ccncc1. The van der Waals surface area contributed by atoms with Gasteiger partial charge >= 0.3 is 0 Å². The second-order valence-corrected chi connectivity index (χ2v) is 5.23. The van der Waals surface area contributed by atoms with E-state index in [1.54, 1.807) is 12.4 Å². The lowest BCUT2D eigenvalue weighted by Crippen LogP contribution is -2.25. The zero-order valence-corrected chi connectivity index (χ0v) is 13.2. The van der Waals surface area contributed by atoms with Crippen LogP contribution in [0.25, 0.3) is 0 Å². The Morgan fingerprint density at radius 3 is 2.52 bits per heavy atom. The normalized spacial score (nSPS) is 11.1. The fraction of sp³-hybridized carbons (Fsp3) is 0.188. The molecule has 1 aromatic carbocycles. The molecule has 0 unspecified atom stereocenters. The van der Waals surface area contributed by atoms with Crippen LogP contribution in [0.2, 0.25) is 0 Å². The Labute approximate surface area is 130 Å². The number of nitrogens with zero attached hydrogens (tertiary/aromatic N) is 2. The van der Waals surface area contributed by atoms with Gasteiger partial charge in [0.25, 0.3) is 0 Å². The number of hydrogen-bond acceptors (Lipinski definition) is 3. The van der Waals surface area contributed by atoms with Crippen molar-refractivity contribution in [1.82, 2.24) is 10.4 Å². The van der Waals surface area contributed by atoms with Gasteiger partial charge in [-0.15, -0.1) is 0 Å². The van der Waals surface area contributed by atoms with Crippen molar-refractivity contribution in [3.8, 4) is 0 Å². The van der Waals surface area contributed by atoms with Crippen LogP contribution in [0, 0.1) is 13.8 Å². The van der Waals surface area contributed by atoms with Gasteiger partial charge in [0, 0.05) is 23.6 Å². The van der Waals surface area contributed by atoms with E-state index in [2.05, 4.69) is 33.8 Å². The molecule has 0 spiro atoms. The number of hydrazone groups is 1. The van der Waals surface area contributed by atoms with Gasteiger partial charge in [0.1, 0.15) is 0 Å². The third-order valence-corrected chi connectivity index (χ3v) is 3.25. The van der Waals surface area contributed by atoms with E-state index in [-0.39, 0.29) is 0 Å². The van der Waals surface area contributed by atoms with Crippen LogP contribution in [0.5, 0.6) is 0 Å². The molecule has 21 heavy (non-hydrogen) atoms. The molecule has 108 valence electrons. The maximum Gasteiger partial charge on any atom is 0.191 e. The smallest absolute Gasteiger partial charge is 0.191 e. The van der Waals surface area contributed by atoms with Crippen molar-refractivity contribution < 1.29 is 0 Å². The minimum Gasteiger partial charge on any atom is -0.331 e. The van der Waals surface area contributed by atoms with Gasteiger partial charge in [-0.3, -0.25) is 10.4 Å². The van der Waals surface area contributed by atoms with Crippen LogP contribution >= 0.6 is 12.2 Å². The Bertz CT molecular complexity index is 665. The summed E-state index contributed by atoms with van der Waals surface area (Å²) >= 11 is 5.26. The van der Waals surface area contributed by atoms with Crippen LogP contribution in [0.4, 0.5) is 5.69 Å². The number of hydrogen-bond donors (Lipinski definition) is 2. The molecule has 0 amide bonds. The van der Waals surface area contributed by atoms with Crippen LogP contribution < -0.4 is 10.7 Å². The molecule has 1 aromatic heterocycles. The van der Waals surface area contributed by atoms with Gasteiger partial charge in [-0.1, -0.05) is 17.7 Å². The second kappa shape index (κ2) is 6.95. The van der Waals surface area contributed by atoms with E-state index in [1.807, 2.05) is 38.1 Å². The van der Waals surface area contributed by atoms with Crippen LogP contribution in [-0.2, 0) is 0 Å². The third-order valence-electron chi connectivity index (χ3n) is 3.05. The third kappa shape index (κ3) is 4.36. The molecular weight excluding hydrogens is 280 g/mol. The molecule has 0 fully saturated rings. The number of nitrogens with one attached hydrogen (secondary N) is 2. The number of thiocarbonyl (C=S) groups is 1. The molecule has 0 bridgehead atoms. The van der Waals surface area contributed by atoms with Gasteiger partial charge in [0.2, 0.25) is 0 Å². The lowest BCUT2D eigenvalue weighted by Gasteiger charge is -2.11. The summed E-state index contributed by atoms with van der Waals surface area (Å²) in [5.74, 6) is 0. The maximum absolute atomic E-state index is 5.26. The highest BCUT2D eigenvalue weighted by molar-refractivity contribution is 7.80. The van der Waals surface area contributed by atoms with E-state index in [1.165, 1.54) is 5.56 Å². The van der Waals surface area contributed by atoms with E-state index in [9.17, 15) is 0 Å². The first-order valence-electron chi connectivity index (χ1n) is 6.65. The Morgan fingerprint density at radius 2 is 1.86 bits per heavy atom. The van der Waals surface area contributed by atoms with Gasteiger partial charge in [0.15, 0.2) is 5.11 Å². The summed E-state index contributed by atoms with van der Waals surface area (Å²) in [6.07, 6.45) is 3.47. The molecule has 2 rings (SSSR count). The molecule has 2 N–H and O–H groups in total. The number of rotatable bonds is 3. The van der Waals surface area contributed by atoms with E-state index in [4.69, 9.17) is 12.2 Å². The zero-order valence-electron chi connectivity index (χ0n) is 12.3. The van der Waals surface area contributed by atoms with Crippen LogP contribution in [0.1, 0.15) is 23.6 Å². The first kappa shape index (κ1) is 15.1. The number of pyridine rings is 1. The Morgan fingerprint density at radius 1 is 1.14 bits per heavy atom. The molecule has 0 radical (unpaired) electrons. The molecule has 0 aliphatic rings. The molecule has 2 aromatic rings. The molecule has 1 heterocycles. The van der Waals surface area contributed by atoms with Gasteiger partial charge in [-0.25, -0.2) is 0 Å². The quantitative estimate of drug-likeness (QED) is 0.518. The van der Waals surface area contributed by atoms with Gasteiger partial charge in [0.05, 0.1) is 5.71 Å². The largest absolute Gasteiger partial charge is 0.331 e. The molecular formula is C16H18N4S. The molecule has 5 heteroatoms. The lowest BCUT2D eigenvalue weighted by atomic mass is 10.1. The molecule has 0 saturated carbocycles. The average molecular weight is 298 g/mol. The topological polar surface area (TPSA) is 49.3 Å². The zero-order chi connectivity index (χ0) is 15.2. The summed E-state index contributed by atoms with van der Waals surface area (Å²) in [4.78, 5) is 3.98. The summed E-state index contributed by atoms with van der Waals surface area (Å²) in [7, 11) is 0. The minimum atomic E-state index is 0.468. The fourth-order valence-corrected chi connectivity index (χ4v) is 2.05. The van der Waals surface area contributed by atoms with E-state index in [0.717, 1.165) is 22.5 Å². The number of anilines is 1. The number of benzene rings is 1. The lowest BCUT2D eigenvalue weighted by molar-refractivity contribution is 1.04. The molecule has 0 aliphatic heterocycles. The molecule has 4 nitrogen and oxygen atoms in total. The number of aromatic nitrogens is 1. The fourth-order valence-electron chi connectivity index (χ4n) is 1.90. The summed E-state index contributed by atoms with van der Waals surface area (Å²) in [6, 6.07) is 9.97. The number of aryl methyl sites for hydroxylation is 2. The van der Waals surface area contributed by atoms with E-state index in [0.29, 0.717) is 5.11 Å². The second-order valence-electron chi connectivity index (χ2n) is 4.82. The highest BCUT2D eigenvalue weighted by atomic mass is 32.1. The van der Waals surface area contributed by atoms with Crippen molar-refractivity contribution in [2.45, 2.75) is 20.8 Å². The van der Waals surface area contributed by atoms with E-state index >= 15 is 0 Å². The van der Waals surface area contributed by atoms with Crippen molar-refractivity contribution in [2.24, 2.45) is 5.10 Å². The van der Waals surface area contributed by atoms with Crippen molar-refractivity contribution in [3.05, 3.63) is 59.4 Å². The van der Waals surface area contributed by atoms with Crippen LogP contribution in [0.3, 0.4) is 0 Å². The summed E-state index contributed by atoms with van der Waals surface area (Å²) in [5, 5.41) is 7.89. The molecule has 0 aliphatic carbocycles. The monoisotopic (exact) mass is 298 g/mol. The van der Waals surface area contributed by atoms with Gasteiger partial charge < -0.3 is 5.32 Å². The first-order valence-corrected chi connectivity index (χ1v) is 7.06. The van der Waals surface area contributed by atoms with Crippen molar-refractivity contribution >= 4 is 28.7 Å². The van der Waals surface area contributed by atoms with Crippen LogP contribution in [0.15, 0.2) is 47.8 Å². The van der Waals surface area contributed by atoms with Gasteiger partial charge in [-0.2, -0.15) is 5.10 Å². The van der Waals surface area contributed by atoms with Crippen molar-refractivity contribution in [1.29, 1.82) is 0 Å². The average Bonchev–Trinajstić information content (AvgIpc) is 2.48.